The zero-order valence-electron chi connectivity index (χ0n) is 18.2. The van der Waals surface area contributed by atoms with Crippen LogP contribution < -0.4 is 10.2 Å². The van der Waals surface area contributed by atoms with Gasteiger partial charge in [0.2, 0.25) is 10.0 Å². The summed E-state index contributed by atoms with van der Waals surface area (Å²) in [6.07, 6.45) is -0.730. The molecule has 2 aromatic rings. The molecule has 0 aliphatic carbocycles. The number of methoxy groups -OCH3 is 1. The standard InChI is InChI=1S/C21H24FN3O8S/c1-31-12-13-32-21(27)24-10-11-25(19(14-24)20(26)23-28)34(29,30)18-8-6-17(7-9-18)33-16-4-2-15(22)3-5-16/h2-9,19,28H,10-14H2,1H3,(H,23,26)/t19-/m1/s1. The van der Waals surface area contributed by atoms with Gasteiger partial charge in [0, 0.05) is 26.7 Å². The highest BCUT2D eigenvalue weighted by molar-refractivity contribution is 7.89. The van der Waals surface area contributed by atoms with Crippen molar-refractivity contribution in [1.82, 2.24) is 14.7 Å². The lowest BCUT2D eigenvalue weighted by Gasteiger charge is -2.38. The number of hydrogen-bond acceptors (Lipinski definition) is 8. The highest BCUT2D eigenvalue weighted by Gasteiger charge is 2.41. The minimum Gasteiger partial charge on any atom is -0.457 e. The lowest BCUT2D eigenvalue weighted by molar-refractivity contribution is -0.134. The molecule has 1 saturated heterocycles. The zero-order valence-corrected chi connectivity index (χ0v) is 19.0. The molecule has 2 amide bonds. The molecule has 1 aliphatic heterocycles. The van der Waals surface area contributed by atoms with E-state index in [0.717, 1.165) is 4.31 Å². The second-order valence-corrected chi connectivity index (χ2v) is 9.08. The van der Waals surface area contributed by atoms with Crippen molar-refractivity contribution in [2.45, 2.75) is 10.9 Å². The highest BCUT2D eigenvalue weighted by Crippen LogP contribution is 2.26. The fourth-order valence-electron chi connectivity index (χ4n) is 3.27. The van der Waals surface area contributed by atoms with Gasteiger partial charge in [-0.1, -0.05) is 0 Å². The van der Waals surface area contributed by atoms with E-state index in [-0.39, 0.29) is 37.7 Å². The van der Waals surface area contributed by atoms with Gasteiger partial charge >= 0.3 is 6.09 Å². The van der Waals surface area contributed by atoms with Crippen LogP contribution >= 0.6 is 0 Å². The Morgan fingerprint density at radius 1 is 1.06 bits per heavy atom. The molecule has 11 nitrogen and oxygen atoms in total. The third-order valence-electron chi connectivity index (χ3n) is 4.99. The summed E-state index contributed by atoms with van der Waals surface area (Å²) in [4.78, 5) is 25.5. The first-order chi connectivity index (χ1) is 16.3. The fraction of sp³-hybridized carbons (Fsp3) is 0.333. The van der Waals surface area contributed by atoms with E-state index in [2.05, 4.69) is 0 Å². The lowest BCUT2D eigenvalue weighted by Crippen LogP contribution is -2.61. The molecule has 2 N–H and O–H groups in total. The maximum absolute atomic E-state index is 13.2. The number of nitrogens with one attached hydrogen (secondary N) is 1. The maximum Gasteiger partial charge on any atom is 0.409 e. The van der Waals surface area contributed by atoms with Crippen molar-refractivity contribution in [3.63, 3.8) is 0 Å². The number of piperazine rings is 1. The number of rotatable bonds is 8. The summed E-state index contributed by atoms with van der Waals surface area (Å²) >= 11 is 0. The molecule has 0 unspecified atom stereocenters. The summed E-state index contributed by atoms with van der Waals surface area (Å²) in [6, 6.07) is 9.37. The molecule has 2 aromatic carbocycles. The van der Waals surface area contributed by atoms with Crippen molar-refractivity contribution in [3.05, 3.63) is 54.3 Å². The van der Waals surface area contributed by atoms with Crippen LogP contribution in [0.3, 0.4) is 0 Å². The van der Waals surface area contributed by atoms with Crippen LogP contribution in [0.1, 0.15) is 0 Å². The Bertz CT molecular complexity index is 1100. The van der Waals surface area contributed by atoms with Gasteiger partial charge < -0.3 is 19.1 Å². The van der Waals surface area contributed by atoms with Gasteiger partial charge in [0.05, 0.1) is 11.5 Å². The number of hydrogen-bond donors (Lipinski definition) is 2. The summed E-state index contributed by atoms with van der Waals surface area (Å²) in [5.74, 6) is -0.725. The molecule has 3 rings (SSSR count). The van der Waals surface area contributed by atoms with Crippen LogP contribution in [-0.2, 0) is 24.3 Å². The third-order valence-corrected chi connectivity index (χ3v) is 6.92. The van der Waals surface area contributed by atoms with Crippen LogP contribution in [0.15, 0.2) is 53.4 Å². The molecular weight excluding hydrogens is 473 g/mol. The number of carbonyl (C=O) groups excluding carboxylic acids is 2. The van der Waals surface area contributed by atoms with E-state index in [1.807, 2.05) is 0 Å². The van der Waals surface area contributed by atoms with E-state index in [0.29, 0.717) is 11.5 Å². The number of ether oxygens (including phenoxy) is 3. The van der Waals surface area contributed by atoms with Gasteiger partial charge in [-0.25, -0.2) is 23.1 Å². The van der Waals surface area contributed by atoms with Crippen LogP contribution in [0.2, 0.25) is 0 Å². The van der Waals surface area contributed by atoms with Crippen LogP contribution in [0.5, 0.6) is 11.5 Å². The molecule has 0 aromatic heterocycles. The lowest BCUT2D eigenvalue weighted by atomic mass is 10.2. The number of nitrogens with zero attached hydrogens (tertiary/aromatic N) is 2. The summed E-state index contributed by atoms with van der Waals surface area (Å²) in [6.45, 7) is -0.360. The van der Waals surface area contributed by atoms with E-state index < -0.39 is 33.9 Å². The Balaban J connectivity index is 1.75. The molecule has 34 heavy (non-hydrogen) atoms. The second-order valence-electron chi connectivity index (χ2n) is 7.19. The van der Waals surface area contributed by atoms with E-state index >= 15 is 0 Å². The summed E-state index contributed by atoms with van der Waals surface area (Å²) < 4.78 is 55.8. The Morgan fingerprint density at radius 3 is 2.26 bits per heavy atom. The minimum atomic E-state index is -4.17. The van der Waals surface area contributed by atoms with Gasteiger partial charge in [-0.15, -0.1) is 0 Å². The molecule has 1 aliphatic rings. The first-order valence-electron chi connectivity index (χ1n) is 10.2. The number of halogens is 1. The summed E-state index contributed by atoms with van der Waals surface area (Å²) in [7, 11) is -2.73. The van der Waals surface area contributed by atoms with Gasteiger partial charge in [0.1, 0.15) is 30.0 Å². The monoisotopic (exact) mass is 497 g/mol. The average molecular weight is 498 g/mol. The number of benzene rings is 2. The van der Waals surface area contributed by atoms with Crippen LogP contribution in [0.25, 0.3) is 0 Å². The number of amides is 2. The molecule has 13 heteroatoms. The quantitative estimate of drug-likeness (QED) is 0.319. The van der Waals surface area contributed by atoms with Gasteiger partial charge in [-0.2, -0.15) is 4.31 Å². The van der Waals surface area contributed by atoms with Gasteiger partial charge in [0.25, 0.3) is 5.91 Å². The van der Waals surface area contributed by atoms with Crippen LogP contribution in [0.4, 0.5) is 9.18 Å². The Labute approximate surface area is 195 Å². The molecule has 0 bridgehead atoms. The Kier molecular flexibility index (Phi) is 8.39. The van der Waals surface area contributed by atoms with Crippen molar-refractivity contribution >= 4 is 22.0 Å². The predicted octanol–water partition coefficient (Wildman–Crippen LogP) is 1.58. The normalized spacial score (nSPS) is 16.7. The molecule has 1 atom stereocenters. The predicted molar refractivity (Wildman–Crippen MR) is 115 cm³/mol. The third kappa shape index (κ3) is 5.99. The zero-order chi connectivity index (χ0) is 24.7. The van der Waals surface area contributed by atoms with E-state index in [1.165, 1.54) is 66.0 Å². The Morgan fingerprint density at radius 2 is 1.68 bits per heavy atom. The fourth-order valence-corrected chi connectivity index (χ4v) is 4.84. The summed E-state index contributed by atoms with van der Waals surface area (Å²) in [5, 5.41) is 9.12. The maximum atomic E-state index is 13.2. The smallest absolute Gasteiger partial charge is 0.409 e. The Hall–Kier alpha value is -3.26. The van der Waals surface area contributed by atoms with Gasteiger partial charge in [0.15, 0.2) is 0 Å². The molecule has 0 spiro atoms. The molecule has 0 saturated carbocycles. The summed E-state index contributed by atoms with van der Waals surface area (Å²) in [5.41, 5.74) is 1.45. The van der Waals surface area contributed by atoms with Crippen molar-refractivity contribution in [3.8, 4) is 11.5 Å². The topological polar surface area (TPSA) is 135 Å². The largest absolute Gasteiger partial charge is 0.457 e. The first kappa shape index (κ1) is 25.4. The molecule has 0 radical (unpaired) electrons. The molecule has 184 valence electrons. The van der Waals surface area contributed by atoms with Crippen molar-refractivity contribution in [1.29, 1.82) is 0 Å². The van der Waals surface area contributed by atoms with E-state index in [1.54, 1.807) is 0 Å². The minimum absolute atomic E-state index is 0.00293. The van der Waals surface area contributed by atoms with Crippen molar-refractivity contribution in [2.24, 2.45) is 0 Å². The first-order valence-corrected chi connectivity index (χ1v) is 11.6. The average Bonchev–Trinajstić information content (AvgIpc) is 2.85. The van der Waals surface area contributed by atoms with Crippen molar-refractivity contribution in [2.75, 3.05) is 40.0 Å². The number of sulfonamides is 1. The van der Waals surface area contributed by atoms with Gasteiger partial charge in [-0.05, 0) is 48.5 Å². The van der Waals surface area contributed by atoms with Crippen LogP contribution in [-0.4, -0.2) is 80.8 Å². The highest BCUT2D eigenvalue weighted by atomic mass is 32.2. The van der Waals surface area contributed by atoms with E-state index in [9.17, 15) is 22.4 Å². The molecule has 1 heterocycles. The van der Waals surface area contributed by atoms with Gasteiger partial charge in [-0.3, -0.25) is 10.0 Å². The number of carbonyl (C=O) groups is 2. The molecule has 1 fully saturated rings. The molecular formula is C21H24FN3O8S. The number of hydroxylamine groups is 1. The van der Waals surface area contributed by atoms with E-state index in [4.69, 9.17) is 19.4 Å². The van der Waals surface area contributed by atoms with Crippen LogP contribution in [0, 0.1) is 5.82 Å². The SMILES string of the molecule is COCCOC(=O)N1CCN(S(=O)(=O)c2ccc(Oc3ccc(F)cc3)cc2)[C@@H](C(=O)NO)C1. The van der Waals surface area contributed by atoms with Crippen molar-refractivity contribution < 1.29 is 41.8 Å². The second kappa shape index (κ2) is 11.2.